The summed E-state index contributed by atoms with van der Waals surface area (Å²) in [5, 5.41) is 4.76. The maximum Gasteiger partial charge on any atom is 0.0716 e. The third-order valence-corrected chi connectivity index (χ3v) is 4.26. The van der Waals surface area contributed by atoms with Crippen LogP contribution in [0.2, 0.25) is 0 Å². The molecule has 3 rings (SSSR count). The first-order chi connectivity index (χ1) is 9.66. The molecule has 1 radical (unpaired) electrons. The van der Waals surface area contributed by atoms with Gasteiger partial charge in [0, 0.05) is 11.1 Å². The molecule has 1 aliphatic rings. The Labute approximate surface area is 128 Å². The molecule has 1 heteroatoms. The lowest BCUT2D eigenvalue weighted by Gasteiger charge is -2.21. The van der Waals surface area contributed by atoms with Gasteiger partial charge in [-0.3, -0.25) is 0 Å². The molecule has 0 N–H and O–H groups in total. The molecule has 1 heterocycles. The monoisotopic (exact) mass is 278 g/mol. The normalized spacial score (nSPS) is 13.6. The van der Waals surface area contributed by atoms with E-state index in [0.29, 0.717) is 0 Å². The van der Waals surface area contributed by atoms with Crippen molar-refractivity contribution in [3.63, 3.8) is 0 Å². The van der Waals surface area contributed by atoms with Gasteiger partial charge in [0.1, 0.15) is 0 Å². The van der Waals surface area contributed by atoms with Crippen molar-refractivity contribution in [2.45, 2.75) is 52.4 Å². The molecular formula is C20H24N. The van der Waals surface area contributed by atoms with Crippen molar-refractivity contribution < 1.29 is 0 Å². The molecule has 0 saturated carbocycles. The van der Waals surface area contributed by atoms with Crippen LogP contribution >= 0.6 is 0 Å². The third kappa shape index (κ3) is 2.46. The highest BCUT2D eigenvalue weighted by atomic mass is 14.9. The highest BCUT2D eigenvalue weighted by molar-refractivity contribution is 5.91. The quantitative estimate of drug-likeness (QED) is 0.491. The Hall–Kier alpha value is -1.76. The third-order valence-electron chi connectivity index (χ3n) is 4.26. The summed E-state index contributed by atoms with van der Waals surface area (Å²) >= 11 is 0. The fraction of sp³-hybridized carbons (Fsp3) is 0.400. The van der Waals surface area contributed by atoms with Crippen molar-refractivity contribution in [3.8, 4) is 11.1 Å². The van der Waals surface area contributed by atoms with Gasteiger partial charge in [-0.05, 0) is 46.2 Å². The molecule has 1 nitrogen and oxygen atoms in total. The van der Waals surface area contributed by atoms with E-state index in [1.54, 1.807) is 0 Å². The van der Waals surface area contributed by atoms with Crippen LogP contribution in [0.3, 0.4) is 0 Å². The molecule has 0 bridgehead atoms. The zero-order chi connectivity index (χ0) is 15.4. The van der Waals surface area contributed by atoms with E-state index in [9.17, 15) is 0 Å². The van der Waals surface area contributed by atoms with E-state index in [-0.39, 0.29) is 10.8 Å². The van der Waals surface area contributed by atoms with Gasteiger partial charge >= 0.3 is 0 Å². The first kappa shape index (κ1) is 14.2. The molecule has 21 heavy (non-hydrogen) atoms. The summed E-state index contributed by atoms with van der Waals surface area (Å²) in [6.45, 7) is 13.5. The van der Waals surface area contributed by atoms with Crippen molar-refractivity contribution in [1.82, 2.24) is 5.32 Å². The maximum atomic E-state index is 4.76. The van der Waals surface area contributed by atoms with Gasteiger partial charge in [0.05, 0.1) is 11.4 Å². The van der Waals surface area contributed by atoms with Gasteiger partial charge < -0.3 is 0 Å². The number of rotatable bonds is 0. The number of hydrogen-bond acceptors (Lipinski definition) is 0. The SMILES string of the molecule is CC(C)(C)c1ccc2c(c1)-c1cc(C(C)(C)C)ccc1[N]2. The van der Waals surface area contributed by atoms with Crippen LogP contribution in [-0.2, 0) is 10.8 Å². The van der Waals surface area contributed by atoms with Crippen LogP contribution in [-0.4, -0.2) is 0 Å². The second-order valence-corrected chi connectivity index (χ2v) is 8.08. The van der Waals surface area contributed by atoms with E-state index >= 15 is 0 Å². The second kappa shape index (κ2) is 4.37. The molecule has 109 valence electrons. The van der Waals surface area contributed by atoms with E-state index in [2.05, 4.69) is 77.9 Å². The number of benzene rings is 2. The van der Waals surface area contributed by atoms with Crippen LogP contribution in [0.15, 0.2) is 36.4 Å². The topological polar surface area (TPSA) is 14.1 Å². The van der Waals surface area contributed by atoms with Crippen molar-refractivity contribution in [1.29, 1.82) is 0 Å². The first-order valence-corrected chi connectivity index (χ1v) is 7.67. The molecule has 2 aromatic carbocycles. The number of nitrogens with zero attached hydrogens (tertiary/aromatic N) is 1. The summed E-state index contributed by atoms with van der Waals surface area (Å²) in [6, 6.07) is 13.4. The van der Waals surface area contributed by atoms with E-state index < -0.39 is 0 Å². The molecule has 2 aromatic rings. The molecule has 0 spiro atoms. The Bertz CT molecular complexity index is 635. The van der Waals surface area contributed by atoms with Crippen molar-refractivity contribution in [2.24, 2.45) is 0 Å². The fourth-order valence-electron chi connectivity index (χ4n) is 2.76. The average molecular weight is 278 g/mol. The standard InChI is InChI=1S/C20H24N/c1-19(2,3)13-7-9-17-15(11-13)16-12-14(20(4,5)6)8-10-18(16)21-17/h7-12H,1-6H3. The van der Waals surface area contributed by atoms with Crippen LogP contribution < -0.4 is 5.32 Å². The van der Waals surface area contributed by atoms with Crippen LogP contribution in [0.25, 0.3) is 11.1 Å². The number of hydrogen-bond donors (Lipinski definition) is 0. The average Bonchev–Trinajstić information content (AvgIpc) is 2.73. The van der Waals surface area contributed by atoms with Gasteiger partial charge in [0.25, 0.3) is 0 Å². The molecule has 0 saturated heterocycles. The minimum Gasteiger partial charge on any atom is -0.248 e. The van der Waals surface area contributed by atoms with Crippen LogP contribution in [0.1, 0.15) is 52.7 Å². The lowest BCUT2D eigenvalue weighted by atomic mass is 9.83. The molecule has 0 aliphatic carbocycles. The zero-order valence-electron chi connectivity index (χ0n) is 13.9. The predicted octanol–water partition coefficient (Wildman–Crippen LogP) is 5.83. The van der Waals surface area contributed by atoms with Gasteiger partial charge in [0.15, 0.2) is 0 Å². The Morgan fingerprint density at radius 3 is 1.33 bits per heavy atom. The van der Waals surface area contributed by atoms with Gasteiger partial charge in [-0.25, -0.2) is 5.32 Å². The lowest BCUT2D eigenvalue weighted by Crippen LogP contribution is -2.11. The Morgan fingerprint density at radius 2 is 1.00 bits per heavy atom. The minimum atomic E-state index is 0.166. The smallest absolute Gasteiger partial charge is 0.0716 e. The minimum absolute atomic E-state index is 0.166. The summed E-state index contributed by atoms with van der Waals surface area (Å²) in [6.07, 6.45) is 0. The summed E-state index contributed by atoms with van der Waals surface area (Å²) in [7, 11) is 0. The van der Waals surface area contributed by atoms with Crippen LogP contribution in [0.4, 0.5) is 11.4 Å². The van der Waals surface area contributed by atoms with Crippen molar-refractivity contribution >= 4 is 11.4 Å². The summed E-state index contributed by atoms with van der Waals surface area (Å²) in [5.41, 5.74) is 7.83. The maximum absolute atomic E-state index is 4.76. The molecule has 0 unspecified atom stereocenters. The molecule has 0 fully saturated rings. The molecule has 0 aromatic heterocycles. The highest BCUT2D eigenvalue weighted by Gasteiger charge is 2.25. The van der Waals surface area contributed by atoms with E-state index in [1.807, 2.05) is 0 Å². The molecule has 0 amide bonds. The van der Waals surface area contributed by atoms with Crippen LogP contribution in [0.5, 0.6) is 0 Å². The van der Waals surface area contributed by atoms with Crippen molar-refractivity contribution in [2.75, 3.05) is 0 Å². The molecular weight excluding hydrogens is 254 g/mol. The van der Waals surface area contributed by atoms with Gasteiger partial charge in [-0.15, -0.1) is 0 Å². The first-order valence-electron chi connectivity index (χ1n) is 7.67. The Morgan fingerprint density at radius 1 is 0.619 bits per heavy atom. The summed E-state index contributed by atoms with van der Waals surface area (Å²) < 4.78 is 0. The number of fused-ring (bicyclic) bond motifs is 3. The van der Waals surface area contributed by atoms with Crippen molar-refractivity contribution in [3.05, 3.63) is 47.5 Å². The van der Waals surface area contributed by atoms with E-state index in [4.69, 9.17) is 5.32 Å². The van der Waals surface area contributed by atoms with Crippen LogP contribution in [0, 0.1) is 0 Å². The summed E-state index contributed by atoms with van der Waals surface area (Å²) in [5.74, 6) is 0. The van der Waals surface area contributed by atoms with E-state index in [0.717, 1.165) is 11.4 Å². The van der Waals surface area contributed by atoms with Gasteiger partial charge in [0.2, 0.25) is 0 Å². The highest BCUT2D eigenvalue weighted by Crippen LogP contribution is 2.45. The van der Waals surface area contributed by atoms with Gasteiger partial charge in [-0.2, -0.15) is 0 Å². The summed E-state index contributed by atoms with van der Waals surface area (Å²) in [4.78, 5) is 0. The Kier molecular flexibility index (Phi) is 2.95. The zero-order valence-corrected chi connectivity index (χ0v) is 13.9. The predicted molar refractivity (Wildman–Crippen MR) is 90.7 cm³/mol. The van der Waals surface area contributed by atoms with Gasteiger partial charge in [-0.1, -0.05) is 53.7 Å². The second-order valence-electron chi connectivity index (χ2n) is 8.08. The lowest BCUT2D eigenvalue weighted by molar-refractivity contribution is 0.589. The fourth-order valence-corrected chi connectivity index (χ4v) is 2.76. The molecule has 1 aliphatic heterocycles. The largest absolute Gasteiger partial charge is 0.248 e. The van der Waals surface area contributed by atoms with E-state index in [1.165, 1.54) is 22.3 Å². The molecule has 0 atom stereocenters. The Balaban J connectivity index is 2.15.